The predicted octanol–water partition coefficient (Wildman–Crippen LogP) is 1.32. The molecule has 0 spiro atoms. The number of nitrogens with zero attached hydrogens (tertiary/aromatic N) is 2. The van der Waals surface area contributed by atoms with Crippen molar-refractivity contribution in [1.29, 1.82) is 0 Å². The second-order valence-electron chi connectivity index (χ2n) is 6.58. The quantitative estimate of drug-likeness (QED) is 0.698. The van der Waals surface area contributed by atoms with Crippen molar-refractivity contribution < 1.29 is 32.5 Å². The van der Waals surface area contributed by atoms with Crippen molar-refractivity contribution in [2.75, 3.05) is 47.0 Å². The van der Waals surface area contributed by atoms with Gasteiger partial charge in [-0.3, -0.25) is 4.79 Å². The fourth-order valence-corrected chi connectivity index (χ4v) is 4.67. The lowest BCUT2D eigenvalue weighted by Crippen LogP contribution is -2.51. The summed E-state index contributed by atoms with van der Waals surface area (Å²) in [6.07, 6.45) is 0. The fourth-order valence-electron chi connectivity index (χ4n) is 3.08. The summed E-state index contributed by atoms with van der Waals surface area (Å²) in [5, 5.41) is 9.27. The van der Waals surface area contributed by atoms with Gasteiger partial charge >= 0.3 is 0 Å². The Morgan fingerprint density at radius 2 is 1.60 bits per heavy atom. The highest BCUT2D eigenvalue weighted by molar-refractivity contribution is 7.89. The van der Waals surface area contributed by atoms with Crippen LogP contribution >= 0.6 is 0 Å². The van der Waals surface area contributed by atoms with E-state index in [1.54, 1.807) is 29.2 Å². The number of rotatable bonds is 7. The highest BCUT2D eigenvalue weighted by Gasteiger charge is 2.32. The summed E-state index contributed by atoms with van der Waals surface area (Å²) >= 11 is 0. The highest BCUT2D eigenvalue weighted by atomic mass is 32.2. The lowest BCUT2D eigenvalue weighted by Gasteiger charge is -2.34. The Kier molecular flexibility index (Phi) is 6.68. The summed E-state index contributed by atoms with van der Waals surface area (Å²) in [7, 11) is -0.941. The molecular formula is C20H24N2O7S. The fraction of sp³-hybridized carbons (Fsp3) is 0.350. The lowest BCUT2D eigenvalue weighted by atomic mass is 10.3. The summed E-state index contributed by atoms with van der Waals surface area (Å²) in [6, 6.07) is 10.7. The number of carbonyl (C=O) groups is 1. The first-order valence-electron chi connectivity index (χ1n) is 9.27. The summed E-state index contributed by atoms with van der Waals surface area (Å²) in [5.74, 6) is 0.983. The molecule has 0 saturated carbocycles. The number of phenolic OH excluding ortho intramolecular Hbond substituents is 1. The second kappa shape index (κ2) is 9.23. The zero-order chi connectivity index (χ0) is 21.7. The van der Waals surface area contributed by atoms with Gasteiger partial charge < -0.3 is 24.2 Å². The largest absolute Gasteiger partial charge is 0.508 e. The molecular weight excluding hydrogens is 412 g/mol. The van der Waals surface area contributed by atoms with Gasteiger partial charge in [-0.1, -0.05) is 0 Å². The molecule has 0 aliphatic carbocycles. The molecule has 1 fully saturated rings. The van der Waals surface area contributed by atoms with E-state index in [0.717, 1.165) is 0 Å². The van der Waals surface area contributed by atoms with E-state index in [9.17, 15) is 18.3 Å². The average Bonchev–Trinajstić information content (AvgIpc) is 2.78. The molecule has 1 aliphatic rings. The minimum atomic E-state index is -3.81. The maximum Gasteiger partial charge on any atom is 0.260 e. The Bertz CT molecular complexity index is 985. The van der Waals surface area contributed by atoms with Crippen molar-refractivity contribution >= 4 is 15.9 Å². The highest BCUT2D eigenvalue weighted by Crippen LogP contribution is 2.31. The lowest BCUT2D eigenvalue weighted by molar-refractivity contribution is -0.134. The van der Waals surface area contributed by atoms with Crippen molar-refractivity contribution in [3.05, 3.63) is 42.5 Å². The van der Waals surface area contributed by atoms with E-state index in [1.165, 1.54) is 36.7 Å². The first kappa shape index (κ1) is 21.7. The monoisotopic (exact) mass is 436 g/mol. The molecule has 1 amide bonds. The van der Waals surface area contributed by atoms with E-state index >= 15 is 0 Å². The number of ether oxygens (including phenoxy) is 3. The molecule has 0 aromatic heterocycles. The Labute approximate surface area is 175 Å². The molecule has 162 valence electrons. The number of methoxy groups -OCH3 is 2. The first-order chi connectivity index (χ1) is 14.3. The van der Waals surface area contributed by atoms with E-state index < -0.39 is 10.0 Å². The number of aromatic hydroxyl groups is 1. The van der Waals surface area contributed by atoms with Crippen LogP contribution in [-0.2, 0) is 14.8 Å². The standard InChI is InChI=1S/C20H24N2O7S/c1-27-17-7-8-18(28-2)19(13-17)30(25,26)22-11-9-21(10-12-22)20(24)14-29-16-5-3-15(23)4-6-16/h3-8,13,23H,9-12,14H2,1-2H3. The van der Waals surface area contributed by atoms with E-state index in [4.69, 9.17) is 14.2 Å². The Balaban J connectivity index is 1.61. The summed E-state index contributed by atoms with van der Waals surface area (Å²) in [6.45, 7) is 0.662. The Hall–Kier alpha value is -2.98. The molecule has 0 radical (unpaired) electrons. The van der Waals surface area contributed by atoms with Crippen LogP contribution in [0.25, 0.3) is 0 Å². The molecule has 1 saturated heterocycles. The normalized spacial score (nSPS) is 14.9. The molecule has 2 aromatic rings. The van der Waals surface area contributed by atoms with Crippen LogP contribution in [0.2, 0.25) is 0 Å². The van der Waals surface area contributed by atoms with Crippen molar-refractivity contribution in [2.45, 2.75) is 4.90 Å². The van der Waals surface area contributed by atoms with Crippen LogP contribution in [-0.4, -0.2) is 75.6 Å². The van der Waals surface area contributed by atoms with Crippen LogP contribution in [0.3, 0.4) is 0 Å². The number of carbonyl (C=O) groups excluding carboxylic acids is 1. The second-order valence-corrected chi connectivity index (χ2v) is 8.49. The van der Waals surface area contributed by atoms with Crippen molar-refractivity contribution in [3.8, 4) is 23.0 Å². The zero-order valence-electron chi connectivity index (χ0n) is 16.8. The first-order valence-corrected chi connectivity index (χ1v) is 10.7. The van der Waals surface area contributed by atoms with Gasteiger partial charge in [-0.2, -0.15) is 4.31 Å². The summed E-state index contributed by atoms with van der Waals surface area (Å²) in [4.78, 5) is 14.0. The van der Waals surface area contributed by atoms with Gasteiger partial charge in [-0.15, -0.1) is 0 Å². The molecule has 1 aliphatic heterocycles. The molecule has 30 heavy (non-hydrogen) atoms. The number of piperazine rings is 1. The molecule has 0 atom stereocenters. The molecule has 0 unspecified atom stereocenters. The van der Waals surface area contributed by atoms with Gasteiger partial charge in [-0.25, -0.2) is 8.42 Å². The van der Waals surface area contributed by atoms with Crippen LogP contribution in [0.5, 0.6) is 23.0 Å². The molecule has 0 bridgehead atoms. The Morgan fingerprint density at radius 1 is 0.967 bits per heavy atom. The number of amides is 1. The van der Waals surface area contributed by atoms with Crippen LogP contribution in [0.15, 0.2) is 47.4 Å². The van der Waals surface area contributed by atoms with Gasteiger partial charge in [0.2, 0.25) is 10.0 Å². The minimum Gasteiger partial charge on any atom is -0.508 e. The van der Waals surface area contributed by atoms with Gasteiger partial charge in [0.15, 0.2) is 6.61 Å². The number of hydrogen-bond donors (Lipinski definition) is 1. The van der Waals surface area contributed by atoms with Gasteiger partial charge in [0.1, 0.15) is 27.9 Å². The van der Waals surface area contributed by atoms with Crippen LogP contribution in [0, 0.1) is 0 Å². The molecule has 2 aromatic carbocycles. The third kappa shape index (κ3) is 4.77. The molecule has 10 heteroatoms. The van der Waals surface area contributed by atoms with E-state index in [2.05, 4.69) is 0 Å². The maximum atomic E-state index is 13.1. The smallest absolute Gasteiger partial charge is 0.260 e. The van der Waals surface area contributed by atoms with Crippen molar-refractivity contribution in [1.82, 2.24) is 9.21 Å². The van der Waals surface area contributed by atoms with E-state index in [1.807, 2.05) is 0 Å². The predicted molar refractivity (Wildman–Crippen MR) is 108 cm³/mol. The third-order valence-electron chi connectivity index (χ3n) is 4.78. The van der Waals surface area contributed by atoms with Gasteiger partial charge in [0.25, 0.3) is 5.91 Å². The van der Waals surface area contributed by atoms with Gasteiger partial charge in [-0.05, 0) is 36.4 Å². The number of hydrogen-bond acceptors (Lipinski definition) is 7. The van der Waals surface area contributed by atoms with Gasteiger partial charge in [0.05, 0.1) is 14.2 Å². The topological polar surface area (TPSA) is 106 Å². The van der Waals surface area contributed by atoms with Crippen LogP contribution in [0.1, 0.15) is 0 Å². The molecule has 1 N–H and O–H groups in total. The van der Waals surface area contributed by atoms with Gasteiger partial charge in [0, 0.05) is 32.2 Å². The average molecular weight is 436 g/mol. The molecule has 3 rings (SSSR count). The number of benzene rings is 2. The van der Waals surface area contributed by atoms with Crippen LogP contribution in [0.4, 0.5) is 0 Å². The summed E-state index contributed by atoms with van der Waals surface area (Å²) in [5.41, 5.74) is 0. The zero-order valence-corrected chi connectivity index (χ0v) is 17.6. The van der Waals surface area contributed by atoms with Crippen molar-refractivity contribution in [3.63, 3.8) is 0 Å². The van der Waals surface area contributed by atoms with Crippen molar-refractivity contribution in [2.24, 2.45) is 0 Å². The van der Waals surface area contributed by atoms with E-state index in [-0.39, 0.29) is 55.1 Å². The third-order valence-corrected chi connectivity index (χ3v) is 6.70. The molecule has 1 heterocycles. The number of phenols is 1. The maximum absolute atomic E-state index is 13.1. The minimum absolute atomic E-state index is 0.0276. The number of sulfonamides is 1. The SMILES string of the molecule is COc1ccc(OC)c(S(=O)(=O)N2CCN(C(=O)COc3ccc(O)cc3)CC2)c1. The van der Waals surface area contributed by atoms with E-state index in [0.29, 0.717) is 11.5 Å². The Morgan fingerprint density at radius 3 is 2.20 bits per heavy atom. The molecule has 9 nitrogen and oxygen atoms in total. The summed E-state index contributed by atoms with van der Waals surface area (Å²) < 4.78 is 43.3. The van der Waals surface area contributed by atoms with Crippen LogP contribution < -0.4 is 14.2 Å².